The predicted molar refractivity (Wildman–Crippen MR) is 96.7 cm³/mol. The van der Waals surface area contributed by atoms with E-state index in [9.17, 15) is 0 Å². The molecular weight excluding hydrogens is 282 g/mol. The number of hydrogen-bond acceptors (Lipinski definition) is 2. The van der Waals surface area contributed by atoms with Crippen LogP contribution in [0.25, 0.3) is 21.9 Å². The van der Waals surface area contributed by atoms with E-state index in [1.807, 2.05) is 12.3 Å². The summed E-state index contributed by atoms with van der Waals surface area (Å²) in [5.41, 5.74) is 5.79. The minimum Gasteiger partial charge on any atom is -0.455 e. The minimum atomic E-state index is 0.159. The summed E-state index contributed by atoms with van der Waals surface area (Å²) in [6, 6.07) is 11.0. The first-order chi connectivity index (χ1) is 11.2. The van der Waals surface area contributed by atoms with Crippen LogP contribution in [0.4, 0.5) is 0 Å². The number of hydrogen-bond donors (Lipinski definition) is 1. The topological polar surface area (TPSA) is 25.2 Å². The number of para-hydroxylation sites is 1. The normalized spacial score (nSPS) is 17.3. The molecule has 0 fully saturated rings. The standard InChI is InChI=1S/C21H21NO/c1-13(2)15-7-6-8-16-17-11-10-14(3)19(21(17)23-20(15)16)18-9-4-5-12-22-18/h4-13,18,22H,1-3H3. The smallest absolute Gasteiger partial charge is 0.141 e. The van der Waals surface area contributed by atoms with Crippen molar-refractivity contribution in [1.29, 1.82) is 0 Å². The van der Waals surface area contributed by atoms with Crippen molar-refractivity contribution < 1.29 is 4.42 Å². The van der Waals surface area contributed by atoms with Crippen LogP contribution in [0.1, 0.15) is 42.5 Å². The maximum absolute atomic E-state index is 6.41. The lowest BCUT2D eigenvalue weighted by Crippen LogP contribution is -2.16. The van der Waals surface area contributed by atoms with E-state index in [1.165, 1.54) is 27.5 Å². The molecule has 0 saturated heterocycles. The monoisotopic (exact) mass is 303 g/mol. The molecular formula is C21H21NO. The molecule has 23 heavy (non-hydrogen) atoms. The van der Waals surface area contributed by atoms with E-state index in [-0.39, 0.29) is 6.04 Å². The SMILES string of the molecule is Cc1ccc2c(oc3c(C(C)C)cccc32)c1C1C=CC=CN1. The van der Waals surface area contributed by atoms with E-state index in [2.05, 4.69) is 68.6 Å². The largest absolute Gasteiger partial charge is 0.455 e. The van der Waals surface area contributed by atoms with Gasteiger partial charge in [0.25, 0.3) is 0 Å². The van der Waals surface area contributed by atoms with Crippen LogP contribution in [0.2, 0.25) is 0 Å². The third kappa shape index (κ3) is 2.17. The van der Waals surface area contributed by atoms with Gasteiger partial charge in [0.1, 0.15) is 11.2 Å². The second-order valence-corrected chi connectivity index (χ2v) is 6.54. The van der Waals surface area contributed by atoms with Gasteiger partial charge in [-0.1, -0.05) is 56.3 Å². The Morgan fingerprint density at radius 1 is 1.00 bits per heavy atom. The first kappa shape index (κ1) is 14.1. The fourth-order valence-corrected chi connectivity index (χ4v) is 3.47. The molecule has 1 aliphatic rings. The molecule has 2 heterocycles. The molecule has 2 nitrogen and oxygen atoms in total. The molecule has 1 atom stereocenters. The number of dihydropyridines is 1. The van der Waals surface area contributed by atoms with Gasteiger partial charge in [0.05, 0.1) is 6.04 Å². The number of benzene rings is 2. The van der Waals surface area contributed by atoms with Crippen LogP contribution in [0, 0.1) is 6.92 Å². The van der Waals surface area contributed by atoms with Crippen molar-refractivity contribution in [3.63, 3.8) is 0 Å². The van der Waals surface area contributed by atoms with E-state index in [0.29, 0.717) is 5.92 Å². The van der Waals surface area contributed by atoms with E-state index < -0.39 is 0 Å². The molecule has 0 bridgehead atoms. The van der Waals surface area contributed by atoms with Gasteiger partial charge < -0.3 is 9.73 Å². The summed E-state index contributed by atoms with van der Waals surface area (Å²) >= 11 is 0. The molecule has 2 aromatic carbocycles. The zero-order valence-electron chi connectivity index (χ0n) is 13.8. The first-order valence-corrected chi connectivity index (χ1v) is 8.21. The second kappa shape index (κ2) is 5.31. The van der Waals surface area contributed by atoms with Crippen molar-refractivity contribution in [1.82, 2.24) is 5.32 Å². The molecule has 116 valence electrons. The molecule has 0 aliphatic carbocycles. The zero-order chi connectivity index (χ0) is 16.0. The Balaban J connectivity index is 2.05. The molecule has 4 rings (SSSR count). The highest BCUT2D eigenvalue weighted by Crippen LogP contribution is 2.38. The van der Waals surface area contributed by atoms with Gasteiger partial charge >= 0.3 is 0 Å². The lowest BCUT2D eigenvalue weighted by atomic mass is 9.96. The highest BCUT2D eigenvalue weighted by atomic mass is 16.3. The number of furan rings is 1. The van der Waals surface area contributed by atoms with Crippen LogP contribution in [-0.2, 0) is 0 Å². The highest BCUT2D eigenvalue weighted by Gasteiger charge is 2.20. The maximum atomic E-state index is 6.41. The molecule has 1 aromatic heterocycles. The van der Waals surface area contributed by atoms with E-state index in [0.717, 1.165) is 11.2 Å². The summed E-state index contributed by atoms with van der Waals surface area (Å²) < 4.78 is 6.41. The Morgan fingerprint density at radius 3 is 2.57 bits per heavy atom. The average Bonchev–Trinajstić information content (AvgIpc) is 2.93. The lowest BCUT2D eigenvalue weighted by Gasteiger charge is -2.18. The van der Waals surface area contributed by atoms with Crippen molar-refractivity contribution in [2.75, 3.05) is 0 Å². The van der Waals surface area contributed by atoms with Gasteiger partial charge in [-0.3, -0.25) is 0 Å². The van der Waals surface area contributed by atoms with Crippen molar-refractivity contribution in [2.45, 2.75) is 32.7 Å². The summed E-state index contributed by atoms with van der Waals surface area (Å²) in [4.78, 5) is 0. The Kier molecular flexibility index (Phi) is 3.26. The summed E-state index contributed by atoms with van der Waals surface area (Å²) in [7, 11) is 0. The summed E-state index contributed by atoms with van der Waals surface area (Å²) in [5, 5.41) is 5.84. The van der Waals surface area contributed by atoms with Gasteiger partial charge in [0.15, 0.2) is 0 Å². The van der Waals surface area contributed by atoms with Crippen molar-refractivity contribution in [3.05, 3.63) is 71.5 Å². The average molecular weight is 303 g/mol. The molecule has 1 aliphatic heterocycles. The molecule has 0 radical (unpaired) electrons. The second-order valence-electron chi connectivity index (χ2n) is 6.54. The number of rotatable bonds is 2. The Labute approximate surface area is 136 Å². The molecule has 1 N–H and O–H groups in total. The third-order valence-corrected chi connectivity index (χ3v) is 4.67. The van der Waals surface area contributed by atoms with Crippen molar-refractivity contribution >= 4 is 21.9 Å². The van der Waals surface area contributed by atoms with Gasteiger partial charge in [-0.2, -0.15) is 0 Å². The number of allylic oxidation sites excluding steroid dienone is 2. The Hall–Kier alpha value is -2.48. The minimum absolute atomic E-state index is 0.159. The third-order valence-electron chi connectivity index (χ3n) is 4.67. The number of nitrogens with one attached hydrogen (secondary N) is 1. The molecule has 1 unspecified atom stereocenters. The summed E-state index contributed by atoms with van der Waals surface area (Å²) in [5.74, 6) is 0.444. The summed E-state index contributed by atoms with van der Waals surface area (Å²) in [6.07, 6.45) is 8.27. The highest BCUT2D eigenvalue weighted by molar-refractivity contribution is 6.07. The van der Waals surface area contributed by atoms with Crippen LogP contribution < -0.4 is 5.32 Å². The van der Waals surface area contributed by atoms with Gasteiger partial charge in [-0.15, -0.1) is 0 Å². The van der Waals surface area contributed by atoms with Gasteiger partial charge in [-0.05, 0) is 36.2 Å². The van der Waals surface area contributed by atoms with Crippen LogP contribution in [-0.4, -0.2) is 0 Å². The molecule has 0 saturated carbocycles. The van der Waals surface area contributed by atoms with E-state index in [1.54, 1.807) is 0 Å². The Bertz CT molecular complexity index is 943. The number of fused-ring (bicyclic) bond motifs is 3. The predicted octanol–water partition coefficient (Wildman–Crippen LogP) is 5.73. The van der Waals surface area contributed by atoms with Gasteiger partial charge in [0.2, 0.25) is 0 Å². The quantitative estimate of drug-likeness (QED) is 0.654. The van der Waals surface area contributed by atoms with E-state index >= 15 is 0 Å². The summed E-state index contributed by atoms with van der Waals surface area (Å²) in [6.45, 7) is 6.58. The van der Waals surface area contributed by atoms with Crippen LogP contribution in [0.5, 0.6) is 0 Å². The number of aryl methyl sites for hydroxylation is 1. The van der Waals surface area contributed by atoms with E-state index in [4.69, 9.17) is 4.42 Å². The van der Waals surface area contributed by atoms with Crippen LogP contribution in [0.3, 0.4) is 0 Å². The molecule has 0 amide bonds. The van der Waals surface area contributed by atoms with Gasteiger partial charge in [0, 0.05) is 16.3 Å². The zero-order valence-corrected chi connectivity index (χ0v) is 13.8. The fraction of sp³-hybridized carbons (Fsp3) is 0.238. The lowest BCUT2D eigenvalue weighted by molar-refractivity contribution is 0.638. The first-order valence-electron chi connectivity index (χ1n) is 8.21. The maximum Gasteiger partial charge on any atom is 0.141 e. The van der Waals surface area contributed by atoms with Crippen LogP contribution >= 0.6 is 0 Å². The molecule has 2 heteroatoms. The fourth-order valence-electron chi connectivity index (χ4n) is 3.47. The molecule has 3 aromatic rings. The van der Waals surface area contributed by atoms with Crippen molar-refractivity contribution in [2.24, 2.45) is 0 Å². The van der Waals surface area contributed by atoms with Crippen LogP contribution in [0.15, 0.2) is 59.2 Å². The Morgan fingerprint density at radius 2 is 1.83 bits per heavy atom. The van der Waals surface area contributed by atoms with Gasteiger partial charge in [-0.25, -0.2) is 0 Å². The molecule has 0 spiro atoms. The van der Waals surface area contributed by atoms with Crippen molar-refractivity contribution in [3.8, 4) is 0 Å².